The monoisotopic (exact) mass is 591 g/mol. The van der Waals surface area contributed by atoms with Gasteiger partial charge in [-0.15, -0.1) is 0 Å². The predicted molar refractivity (Wildman–Crippen MR) is 101 cm³/mol. The summed E-state index contributed by atoms with van der Waals surface area (Å²) in [5.74, 6) is -1.34. The Morgan fingerprint density at radius 3 is 1.71 bits per heavy atom. The number of non-ortho nitro benzene ring substituents is 1. The third-order valence-corrected chi connectivity index (χ3v) is 11.9. The first-order valence-corrected chi connectivity index (χ1v) is 12.9. The molecule has 0 N–H and O–H groups in total. The molecule has 0 spiro atoms. The molecule has 0 amide bonds. The van der Waals surface area contributed by atoms with E-state index in [1.54, 1.807) is 24.3 Å². The molecule has 7 nitrogen and oxygen atoms in total. The molecule has 140 valence electrons. The van der Waals surface area contributed by atoms with Crippen LogP contribution in [0.3, 0.4) is 0 Å². The molecule has 2 radical (unpaired) electrons. The molecule has 1 aliphatic heterocycles. The number of nitro groups is 1. The number of nitrogens with zero attached hydrogens (tertiary/aromatic N) is 1. The van der Waals surface area contributed by atoms with E-state index in [9.17, 15) is 28.4 Å². The number of benzene rings is 3. The van der Waals surface area contributed by atoms with Crippen molar-refractivity contribution in [1.29, 1.82) is 0 Å². The second kappa shape index (κ2) is 8.16. The zero-order valence-electron chi connectivity index (χ0n) is 14.2. The van der Waals surface area contributed by atoms with Gasteiger partial charge < -0.3 is 9.90 Å². The summed E-state index contributed by atoms with van der Waals surface area (Å²) in [5, 5.41) is 20.3. The van der Waals surface area contributed by atoms with Crippen molar-refractivity contribution in [2.24, 2.45) is 0 Å². The fourth-order valence-electron chi connectivity index (χ4n) is 2.52. The topological polar surface area (TPSA) is 117 Å². The van der Waals surface area contributed by atoms with E-state index in [4.69, 9.17) is 0 Å². The Bertz CT molecular complexity index is 1070. The first-order chi connectivity index (χ1) is 13.3. The van der Waals surface area contributed by atoms with Gasteiger partial charge in [0, 0.05) is 12.1 Å². The zero-order valence-corrected chi connectivity index (χ0v) is 18.5. The molecular weight excluding hydrogens is 579 g/mol. The van der Waals surface area contributed by atoms with E-state index >= 15 is 0 Å². The fraction of sp³-hybridized carbons (Fsp3) is 0. The second-order valence-corrected chi connectivity index (χ2v) is 12.1. The summed E-state index contributed by atoms with van der Waals surface area (Å²) >= 11 is -1.05. The van der Waals surface area contributed by atoms with Crippen LogP contribution in [-0.4, -0.2) is 42.5 Å². The Morgan fingerprint density at radius 2 is 1.29 bits per heavy atom. The number of sulfone groups is 1. The van der Waals surface area contributed by atoms with Gasteiger partial charge in [-0.2, -0.15) is 0 Å². The third kappa shape index (κ3) is 4.10. The van der Waals surface area contributed by atoms with Gasteiger partial charge in [0.1, 0.15) is 0 Å². The minimum absolute atomic E-state index is 0.0689. The third-order valence-electron chi connectivity index (χ3n) is 3.86. The van der Waals surface area contributed by atoms with Crippen molar-refractivity contribution in [2.75, 3.05) is 0 Å². The van der Waals surface area contributed by atoms with E-state index in [1.165, 1.54) is 0 Å². The predicted octanol–water partition coefficient (Wildman–Crippen LogP) is 0.446. The number of carbonyl (C=O) groups excluding carboxylic acids is 1. The van der Waals surface area contributed by atoms with Gasteiger partial charge in [-0.1, -0.05) is 0 Å². The molecule has 0 atom stereocenters. The Labute approximate surface area is 172 Å². The summed E-state index contributed by atoms with van der Waals surface area (Å²) in [6.45, 7) is 0. The van der Waals surface area contributed by atoms with Crippen LogP contribution in [0.25, 0.3) is 0 Å². The fourth-order valence-corrected chi connectivity index (χ4v) is 11.3. The molecule has 1 aliphatic rings. The van der Waals surface area contributed by atoms with Crippen molar-refractivity contribution < 1.29 is 23.2 Å². The van der Waals surface area contributed by atoms with Gasteiger partial charge in [0.15, 0.2) is 0 Å². The van der Waals surface area contributed by atoms with Gasteiger partial charge in [-0.25, -0.2) is 0 Å². The van der Waals surface area contributed by atoms with Crippen molar-refractivity contribution in [2.45, 2.75) is 9.79 Å². The van der Waals surface area contributed by atoms with E-state index in [-0.39, 0.29) is 11.3 Å². The molecule has 9 heteroatoms. The van der Waals surface area contributed by atoms with Crippen LogP contribution in [0.4, 0.5) is 5.69 Å². The normalized spacial score (nSPS) is 13.3. The quantitative estimate of drug-likeness (QED) is 0.190. The number of carbonyl (C=O) groups is 1. The van der Waals surface area contributed by atoms with E-state index in [0.717, 1.165) is 30.8 Å². The van der Waals surface area contributed by atoms with Crippen LogP contribution in [0, 0.1) is 10.1 Å². The van der Waals surface area contributed by atoms with Crippen molar-refractivity contribution in [3.8, 4) is 0 Å². The average Bonchev–Trinajstić information content (AvgIpc) is 2.69. The number of carboxylic acids is 1. The standard InChI is InChI=1S/C12H8O2S.C7H5NO4.Bi/c13-15(14,11-7-3-1-4-8-11)12-9-5-2-6-10-12;9-7(10)5-1-3-6(4-2-5)8(11)12;/h1-7,9H;1-4H,(H,9,10);/q;;+1/p-1. The van der Waals surface area contributed by atoms with E-state index < -0.39 is 44.0 Å². The zero-order chi connectivity index (χ0) is 20.3. The van der Waals surface area contributed by atoms with Crippen molar-refractivity contribution in [1.82, 2.24) is 0 Å². The Hall–Kier alpha value is -2.64. The summed E-state index contributed by atoms with van der Waals surface area (Å²) in [5.41, 5.74) is -0.208. The molecule has 28 heavy (non-hydrogen) atoms. The minimum atomic E-state index is -3.26. The van der Waals surface area contributed by atoms with Crippen LogP contribution in [0.5, 0.6) is 0 Å². The Morgan fingerprint density at radius 1 is 0.821 bits per heavy atom. The average molecular weight is 591 g/mol. The van der Waals surface area contributed by atoms with Crippen molar-refractivity contribution in [3.63, 3.8) is 0 Å². The SMILES string of the molecule is O=C([O-])c1ccc([N+](=O)[O-])cc1.O=S1(=O)c2cccc[c]2[Bi+][c]2ccccc21. The van der Waals surface area contributed by atoms with E-state index in [2.05, 4.69) is 0 Å². The summed E-state index contributed by atoms with van der Waals surface area (Å²) in [6.07, 6.45) is 0. The number of hydrogen-bond acceptors (Lipinski definition) is 6. The van der Waals surface area contributed by atoms with Crippen LogP contribution in [-0.2, 0) is 9.84 Å². The summed E-state index contributed by atoms with van der Waals surface area (Å²) < 4.78 is 26.8. The number of carboxylic acid groups (broad SMARTS) is 1. The maximum atomic E-state index is 12.3. The molecule has 0 saturated heterocycles. The van der Waals surface area contributed by atoms with Crippen LogP contribution in [0.2, 0.25) is 0 Å². The number of fused-ring (bicyclic) bond motifs is 2. The number of aromatic carboxylic acids is 1. The molecule has 0 bridgehead atoms. The molecule has 4 rings (SSSR count). The Balaban J connectivity index is 0.000000169. The molecule has 3 aromatic rings. The summed E-state index contributed by atoms with van der Waals surface area (Å²) in [4.78, 5) is 20.8. The van der Waals surface area contributed by atoms with Gasteiger partial charge in [0.2, 0.25) is 0 Å². The van der Waals surface area contributed by atoms with Gasteiger partial charge in [0.25, 0.3) is 5.69 Å². The molecule has 0 aromatic heterocycles. The van der Waals surface area contributed by atoms with Gasteiger partial charge in [0.05, 0.1) is 10.9 Å². The summed E-state index contributed by atoms with van der Waals surface area (Å²) in [7, 11) is -3.26. The van der Waals surface area contributed by atoms with Crippen LogP contribution < -0.4 is 11.6 Å². The molecule has 1 heterocycles. The van der Waals surface area contributed by atoms with Gasteiger partial charge in [-0.3, -0.25) is 10.1 Å². The number of nitro benzene ring substituents is 1. The van der Waals surface area contributed by atoms with E-state index in [1.807, 2.05) is 24.3 Å². The second-order valence-electron chi connectivity index (χ2n) is 5.64. The van der Waals surface area contributed by atoms with Crippen LogP contribution >= 0.6 is 0 Å². The number of hydrogen-bond donors (Lipinski definition) is 0. The summed E-state index contributed by atoms with van der Waals surface area (Å²) in [6, 6.07) is 19.3. The van der Waals surface area contributed by atoms with Crippen molar-refractivity contribution in [3.05, 3.63) is 88.5 Å². The Kier molecular flexibility index (Phi) is 5.86. The van der Waals surface area contributed by atoms with Gasteiger partial charge >= 0.3 is 106 Å². The van der Waals surface area contributed by atoms with Gasteiger partial charge in [-0.05, 0) is 17.7 Å². The van der Waals surface area contributed by atoms with Crippen LogP contribution in [0.15, 0.2) is 82.6 Å². The molecule has 0 fully saturated rings. The molecule has 0 unspecified atom stereocenters. The molecule has 0 saturated carbocycles. The maximum absolute atomic E-state index is 12.3. The first kappa shape index (κ1) is 20.1. The first-order valence-electron chi connectivity index (χ1n) is 7.91. The molecule has 0 aliphatic carbocycles. The number of rotatable bonds is 2. The van der Waals surface area contributed by atoms with Crippen LogP contribution in [0.1, 0.15) is 10.4 Å². The molecule has 3 aromatic carbocycles. The van der Waals surface area contributed by atoms with E-state index in [0.29, 0.717) is 9.79 Å². The molecular formula is C19H12BiNO6S. The van der Waals surface area contributed by atoms with Crippen molar-refractivity contribution >= 4 is 51.3 Å².